The fourth-order valence-electron chi connectivity index (χ4n) is 2.51. The van der Waals surface area contributed by atoms with Gasteiger partial charge in [0, 0.05) is 17.3 Å². The molecule has 2 saturated carbocycles. The maximum Gasteiger partial charge on any atom is 0.223 e. The fourth-order valence-corrected chi connectivity index (χ4v) is 2.67. The van der Waals surface area contributed by atoms with Gasteiger partial charge >= 0.3 is 0 Å². The van der Waals surface area contributed by atoms with Gasteiger partial charge in [0.15, 0.2) is 0 Å². The Labute approximate surface area is 100 Å². The van der Waals surface area contributed by atoms with Crippen LogP contribution in [0.1, 0.15) is 33.1 Å². The van der Waals surface area contributed by atoms with Crippen LogP contribution in [0.2, 0.25) is 0 Å². The number of nitrogens with one attached hydrogen (secondary N) is 1. The monoisotopic (exact) mass is 273 g/mol. The Hall–Kier alpha value is -0.0500. The van der Waals surface area contributed by atoms with Gasteiger partial charge in [-0.1, -0.05) is 29.8 Å². The molecule has 2 nitrogen and oxygen atoms in total. The first-order valence-electron chi connectivity index (χ1n) is 5.99. The van der Waals surface area contributed by atoms with Crippen molar-refractivity contribution >= 4 is 21.8 Å². The Bertz CT molecular complexity index is 244. The quantitative estimate of drug-likeness (QED) is 0.784. The third-order valence-corrected chi connectivity index (χ3v) is 5.19. The van der Waals surface area contributed by atoms with E-state index in [0.717, 1.165) is 31.2 Å². The van der Waals surface area contributed by atoms with Gasteiger partial charge in [-0.2, -0.15) is 0 Å². The number of fused-ring (bicyclic) bond motifs is 1. The molecule has 15 heavy (non-hydrogen) atoms. The molecule has 0 aromatic carbocycles. The molecule has 0 aliphatic heterocycles. The van der Waals surface area contributed by atoms with E-state index in [4.69, 9.17) is 0 Å². The Kier molecular flexibility index (Phi) is 3.39. The van der Waals surface area contributed by atoms with E-state index in [0.29, 0.717) is 16.7 Å². The summed E-state index contributed by atoms with van der Waals surface area (Å²) in [7, 11) is 0. The Morgan fingerprint density at radius 3 is 2.47 bits per heavy atom. The van der Waals surface area contributed by atoms with Gasteiger partial charge in [-0.25, -0.2) is 0 Å². The molecular weight excluding hydrogens is 254 g/mol. The van der Waals surface area contributed by atoms with E-state index in [1.54, 1.807) is 0 Å². The van der Waals surface area contributed by atoms with Gasteiger partial charge in [0.2, 0.25) is 5.91 Å². The predicted octanol–water partition coefficient (Wildman–Crippen LogP) is 2.57. The van der Waals surface area contributed by atoms with Gasteiger partial charge < -0.3 is 5.32 Å². The van der Waals surface area contributed by atoms with Crippen LogP contribution in [0.4, 0.5) is 0 Å². The van der Waals surface area contributed by atoms with Crippen LogP contribution in [0.5, 0.6) is 0 Å². The maximum atomic E-state index is 11.8. The van der Waals surface area contributed by atoms with Gasteiger partial charge in [0.05, 0.1) is 0 Å². The fraction of sp³-hybridized carbons (Fsp3) is 0.917. The lowest BCUT2D eigenvalue weighted by atomic mass is 10.0. The zero-order chi connectivity index (χ0) is 11.0. The third-order valence-electron chi connectivity index (χ3n) is 3.81. The minimum atomic E-state index is 0.285. The number of hydrogen-bond donors (Lipinski definition) is 1. The third kappa shape index (κ3) is 2.74. The van der Waals surface area contributed by atoms with E-state index >= 15 is 0 Å². The Morgan fingerprint density at radius 1 is 1.33 bits per heavy atom. The van der Waals surface area contributed by atoms with Crippen molar-refractivity contribution in [1.82, 2.24) is 5.32 Å². The highest BCUT2D eigenvalue weighted by Crippen LogP contribution is 2.54. The van der Waals surface area contributed by atoms with Crippen LogP contribution in [0.25, 0.3) is 0 Å². The summed E-state index contributed by atoms with van der Waals surface area (Å²) in [6.07, 6.45) is 3.67. The Balaban J connectivity index is 1.68. The second kappa shape index (κ2) is 4.44. The maximum absolute atomic E-state index is 11.8. The molecule has 0 bridgehead atoms. The molecule has 86 valence electrons. The van der Waals surface area contributed by atoms with Crippen LogP contribution in [-0.4, -0.2) is 17.3 Å². The zero-order valence-electron chi connectivity index (χ0n) is 9.50. The van der Waals surface area contributed by atoms with E-state index in [1.807, 2.05) is 0 Å². The lowest BCUT2D eigenvalue weighted by Crippen LogP contribution is -2.35. The number of alkyl halides is 1. The largest absolute Gasteiger partial charge is 0.355 e. The first-order valence-corrected chi connectivity index (χ1v) is 6.91. The Morgan fingerprint density at radius 2 is 1.93 bits per heavy atom. The molecule has 0 aromatic heterocycles. The molecule has 0 heterocycles. The normalized spacial score (nSPS) is 35.1. The summed E-state index contributed by atoms with van der Waals surface area (Å²) in [6.45, 7) is 5.09. The number of rotatable bonds is 4. The van der Waals surface area contributed by atoms with Crippen molar-refractivity contribution in [2.45, 2.75) is 37.9 Å². The summed E-state index contributed by atoms with van der Waals surface area (Å²) >= 11 is 3.59. The van der Waals surface area contributed by atoms with Gasteiger partial charge in [-0.3, -0.25) is 4.79 Å². The molecule has 0 radical (unpaired) electrons. The smallest absolute Gasteiger partial charge is 0.223 e. The summed E-state index contributed by atoms with van der Waals surface area (Å²) in [5.41, 5.74) is 0. The second-order valence-corrected chi connectivity index (χ2v) is 6.61. The molecular formula is C12H20BrNO. The van der Waals surface area contributed by atoms with Crippen molar-refractivity contribution in [1.29, 1.82) is 0 Å². The van der Waals surface area contributed by atoms with Gasteiger partial charge in [-0.05, 0) is 37.0 Å². The number of hydrogen-bond acceptors (Lipinski definition) is 1. The second-order valence-electron chi connectivity index (χ2n) is 5.43. The molecule has 2 fully saturated rings. The highest BCUT2D eigenvalue weighted by atomic mass is 79.9. The highest BCUT2D eigenvalue weighted by molar-refractivity contribution is 9.09. The molecule has 3 heteroatoms. The molecule has 0 aromatic rings. The molecule has 3 unspecified atom stereocenters. The van der Waals surface area contributed by atoms with Gasteiger partial charge in [0.1, 0.15) is 0 Å². The first-order chi connectivity index (χ1) is 7.08. The molecule has 0 spiro atoms. The minimum Gasteiger partial charge on any atom is -0.355 e. The molecule has 2 aliphatic carbocycles. The van der Waals surface area contributed by atoms with Crippen molar-refractivity contribution in [3.63, 3.8) is 0 Å². The molecule has 3 atom stereocenters. The molecule has 1 amide bonds. The predicted molar refractivity (Wildman–Crippen MR) is 64.9 cm³/mol. The number of amides is 1. The van der Waals surface area contributed by atoms with E-state index in [-0.39, 0.29) is 5.91 Å². The number of carbonyl (C=O) groups excluding carboxylic acids is 1. The van der Waals surface area contributed by atoms with Crippen LogP contribution < -0.4 is 5.32 Å². The van der Waals surface area contributed by atoms with Crippen LogP contribution in [-0.2, 0) is 4.79 Å². The van der Waals surface area contributed by atoms with Crippen molar-refractivity contribution in [3.05, 3.63) is 0 Å². The topological polar surface area (TPSA) is 29.1 Å². The van der Waals surface area contributed by atoms with E-state index < -0.39 is 0 Å². The van der Waals surface area contributed by atoms with Gasteiger partial charge in [0.25, 0.3) is 0 Å². The summed E-state index contributed by atoms with van der Waals surface area (Å²) in [5, 5.41) is 3.06. The number of halogens is 1. The van der Waals surface area contributed by atoms with E-state index in [1.165, 1.54) is 6.42 Å². The SMILES string of the molecule is CC(C)C(Br)CNC(=O)C1CC2CC2C1. The summed E-state index contributed by atoms with van der Waals surface area (Å²) < 4.78 is 0. The zero-order valence-corrected chi connectivity index (χ0v) is 11.1. The van der Waals surface area contributed by atoms with Crippen molar-refractivity contribution < 1.29 is 4.79 Å². The average molecular weight is 274 g/mol. The highest BCUT2D eigenvalue weighted by Gasteiger charge is 2.47. The van der Waals surface area contributed by atoms with Crippen molar-refractivity contribution in [2.24, 2.45) is 23.7 Å². The molecule has 2 rings (SSSR count). The molecule has 2 aliphatic rings. The van der Waals surface area contributed by atoms with Gasteiger partial charge in [-0.15, -0.1) is 0 Å². The number of carbonyl (C=O) groups is 1. The standard InChI is InChI=1S/C12H20BrNO/c1-7(2)11(13)6-14-12(15)10-4-8-3-9(8)5-10/h7-11H,3-6H2,1-2H3,(H,14,15). The van der Waals surface area contributed by atoms with Crippen LogP contribution >= 0.6 is 15.9 Å². The summed E-state index contributed by atoms with van der Waals surface area (Å²) in [4.78, 5) is 12.2. The summed E-state index contributed by atoms with van der Waals surface area (Å²) in [6, 6.07) is 0. The first kappa shape index (κ1) is 11.4. The van der Waals surface area contributed by atoms with E-state index in [9.17, 15) is 4.79 Å². The minimum absolute atomic E-state index is 0.285. The van der Waals surface area contributed by atoms with Crippen LogP contribution in [0.15, 0.2) is 0 Å². The molecule has 1 N–H and O–H groups in total. The summed E-state index contributed by atoms with van der Waals surface area (Å²) in [5.74, 6) is 2.96. The van der Waals surface area contributed by atoms with Crippen LogP contribution in [0.3, 0.4) is 0 Å². The van der Waals surface area contributed by atoms with Crippen molar-refractivity contribution in [2.75, 3.05) is 6.54 Å². The van der Waals surface area contributed by atoms with Crippen LogP contribution in [0, 0.1) is 23.7 Å². The van der Waals surface area contributed by atoms with E-state index in [2.05, 4.69) is 35.1 Å². The molecule has 0 saturated heterocycles. The lowest BCUT2D eigenvalue weighted by Gasteiger charge is -2.17. The van der Waals surface area contributed by atoms with Crippen molar-refractivity contribution in [3.8, 4) is 0 Å². The average Bonchev–Trinajstić information content (AvgIpc) is 2.81. The lowest BCUT2D eigenvalue weighted by molar-refractivity contribution is -0.125.